The summed E-state index contributed by atoms with van der Waals surface area (Å²) in [4.78, 5) is 22.9. The van der Waals surface area contributed by atoms with Crippen molar-refractivity contribution in [1.82, 2.24) is 0 Å². The molecule has 0 aliphatic heterocycles. The molecule has 1 aromatic rings. The predicted octanol–water partition coefficient (Wildman–Crippen LogP) is 1.89. The van der Waals surface area contributed by atoms with Crippen molar-refractivity contribution in [2.75, 3.05) is 13.4 Å². The zero-order valence-corrected chi connectivity index (χ0v) is 9.13. The van der Waals surface area contributed by atoms with Gasteiger partial charge in [-0.1, -0.05) is 0 Å². The van der Waals surface area contributed by atoms with Gasteiger partial charge in [-0.25, -0.2) is 9.59 Å². The second-order valence-corrected chi connectivity index (χ2v) is 3.59. The quantitative estimate of drug-likeness (QED) is 0.630. The molecule has 0 unspecified atom stereocenters. The molecule has 0 aliphatic carbocycles. The second kappa shape index (κ2) is 4.84. The van der Waals surface area contributed by atoms with E-state index < -0.39 is 11.9 Å². The van der Waals surface area contributed by atoms with Crippen LogP contribution >= 0.6 is 11.8 Å². The third-order valence-corrected chi connectivity index (χ3v) is 2.59. The van der Waals surface area contributed by atoms with Gasteiger partial charge in [0.15, 0.2) is 0 Å². The van der Waals surface area contributed by atoms with Crippen molar-refractivity contribution in [2.24, 2.45) is 0 Å². The zero-order chi connectivity index (χ0) is 11.4. The molecule has 5 heteroatoms. The minimum atomic E-state index is -1.13. The Bertz CT molecular complexity index is 400. The van der Waals surface area contributed by atoms with E-state index in [4.69, 9.17) is 5.11 Å². The van der Waals surface area contributed by atoms with Crippen molar-refractivity contribution < 1.29 is 19.4 Å². The van der Waals surface area contributed by atoms with Crippen LogP contribution in [-0.2, 0) is 4.74 Å². The number of esters is 1. The first-order valence-electron chi connectivity index (χ1n) is 4.09. The molecular weight excluding hydrogens is 216 g/mol. The highest BCUT2D eigenvalue weighted by atomic mass is 32.2. The van der Waals surface area contributed by atoms with Crippen LogP contribution in [-0.4, -0.2) is 30.4 Å². The van der Waals surface area contributed by atoms with E-state index in [0.717, 1.165) is 4.90 Å². The van der Waals surface area contributed by atoms with Gasteiger partial charge >= 0.3 is 11.9 Å². The molecule has 1 N–H and O–H groups in total. The first kappa shape index (κ1) is 11.6. The number of hydrogen-bond acceptors (Lipinski definition) is 4. The zero-order valence-electron chi connectivity index (χ0n) is 8.31. The van der Waals surface area contributed by atoms with Crippen molar-refractivity contribution in [3.05, 3.63) is 29.3 Å². The lowest BCUT2D eigenvalue weighted by atomic mass is 10.1. The van der Waals surface area contributed by atoms with Gasteiger partial charge in [-0.3, -0.25) is 0 Å². The lowest BCUT2D eigenvalue weighted by Gasteiger charge is -2.05. The van der Waals surface area contributed by atoms with Gasteiger partial charge in [0.25, 0.3) is 0 Å². The van der Waals surface area contributed by atoms with E-state index in [1.807, 2.05) is 6.26 Å². The Morgan fingerprint density at radius 1 is 1.33 bits per heavy atom. The molecule has 0 spiro atoms. The van der Waals surface area contributed by atoms with E-state index in [9.17, 15) is 9.59 Å². The van der Waals surface area contributed by atoms with E-state index in [-0.39, 0.29) is 11.1 Å². The summed E-state index contributed by atoms with van der Waals surface area (Å²) in [5.74, 6) is -1.77. The van der Waals surface area contributed by atoms with Gasteiger partial charge < -0.3 is 9.84 Å². The average molecular weight is 226 g/mol. The molecular formula is C10H10O4S. The Labute approximate surface area is 91.2 Å². The largest absolute Gasteiger partial charge is 0.478 e. The number of hydrogen-bond donors (Lipinski definition) is 1. The van der Waals surface area contributed by atoms with Crippen LogP contribution in [0.5, 0.6) is 0 Å². The van der Waals surface area contributed by atoms with Gasteiger partial charge in [-0.15, -0.1) is 11.8 Å². The summed E-state index contributed by atoms with van der Waals surface area (Å²) in [6, 6.07) is 4.60. The molecule has 80 valence electrons. The van der Waals surface area contributed by atoms with Gasteiger partial charge in [-0.05, 0) is 24.5 Å². The lowest BCUT2D eigenvalue weighted by molar-refractivity contribution is 0.0582. The molecule has 0 amide bonds. The fourth-order valence-corrected chi connectivity index (χ4v) is 1.56. The minimum Gasteiger partial charge on any atom is -0.478 e. The third-order valence-electron chi connectivity index (χ3n) is 1.86. The molecule has 0 radical (unpaired) electrons. The third kappa shape index (κ3) is 2.50. The lowest BCUT2D eigenvalue weighted by Crippen LogP contribution is -2.09. The molecule has 0 heterocycles. The predicted molar refractivity (Wildman–Crippen MR) is 56.5 cm³/mol. The Kier molecular flexibility index (Phi) is 3.74. The smallest absolute Gasteiger partial charge is 0.338 e. The van der Waals surface area contributed by atoms with Gasteiger partial charge in [0, 0.05) is 4.90 Å². The van der Waals surface area contributed by atoms with Gasteiger partial charge in [0.05, 0.1) is 18.2 Å². The highest BCUT2D eigenvalue weighted by Crippen LogP contribution is 2.20. The molecule has 0 bridgehead atoms. The minimum absolute atomic E-state index is 0.0336. The van der Waals surface area contributed by atoms with E-state index in [2.05, 4.69) is 4.74 Å². The molecule has 0 aliphatic rings. The van der Waals surface area contributed by atoms with Gasteiger partial charge in [0.2, 0.25) is 0 Å². The number of carbonyl (C=O) groups is 2. The Morgan fingerprint density at radius 2 is 2.00 bits per heavy atom. The summed E-state index contributed by atoms with van der Waals surface area (Å²) in [5, 5.41) is 8.91. The maximum atomic E-state index is 11.2. The SMILES string of the molecule is COC(=O)c1ccc(SC)cc1C(=O)O. The monoisotopic (exact) mass is 226 g/mol. The fourth-order valence-electron chi connectivity index (χ4n) is 1.12. The van der Waals surface area contributed by atoms with Crippen LogP contribution in [0.25, 0.3) is 0 Å². The molecule has 4 nitrogen and oxygen atoms in total. The van der Waals surface area contributed by atoms with Crippen LogP contribution in [0.2, 0.25) is 0 Å². The summed E-state index contributed by atoms with van der Waals surface area (Å²) >= 11 is 1.41. The van der Waals surface area contributed by atoms with Crippen molar-refractivity contribution in [1.29, 1.82) is 0 Å². The molecule has 1 aromatic carbocycles. The van der Waals surface area contributed by atoms with Gasteiger partial charge in [-0.2, -0.15) is 0 Å². The van der Waals surface area contributed by atoms with Crippen molar-refractivity contribution >= 4 is 23.7 Å². The number of methoxy groups -OCH3 is 1. The highest BCUT2D eigenvalue weighted by molar-refractivity contribution is 7.98. The summed E-state index contributed by atoms with van der Waals surface area (Å²) in [6.45, 7) is 0. The Morgan fingerprint density at radius 3 is 2.47 bits per heavy atom. The van der Waals surface area contributed by atoms with E-state index >= 15 is 0 Å². The summed E-state index contributed by atoms with van der Waals surface area (Å²) in [5.41, 5.74) is 0.0384. The van der Waals surface area contributed by atoms with Crippen LogP contribution in [0, 0.1) is 0 Å². The van der Waals surface area contributed by atoms with E-state index in [1.54, 1.807) is 6.07 Å². The number of carbonyl (C=O) groups excluding carboxylic acids is 1. The topological polar surface area (TPSA) is 63.6 Å². The van der Waals surface area contributed by atoms with Crippen LogP contribution in [0.1, 0.15) is 20.7 Å². The van der Waals surface area contributed by atoms with Crippen LogP contribution in [0.15, 0.2) is 23.1 Å². The Hall–Kier alpha value is -1.49. The maximum Gasteiger partial charge on any atom is 0.338 e. The summed E-state index contributed by atoms with van der Waals surface area (Å²) in [7, 11) is 1.22. The number of ether oxygens (including phenoxy) is 1. The number of benzene rings is 1. The number of carboxylic acids is 1. The van der Waals surface area contributed by atoms with Gasteiger partial charge in [0.1, 0.15) is 0 Å². The number of rotatable bonds is 3. The molecule has 0 saturated heterocycles. The summed E-state index contributed by atoms with van der Waals surface area (Å²) in [6.07, 6.45) is 1.83. The second-order valence-electron chi connectivity index (χ2n) is 2.71. The van der Waals surface area contributed by atoms with Crippen molar-refractivity contribution in [3.8, 4) is 0 Å². The number of thioether (sulfide) groups is 1. The fraction of sp³-hybridized carbons (Fsp3) is 0.200. The Balaban J connectivity index is 3.27. The molecule has 0 fully saturated rings. The highest BCUT2D eigenvalue weighted by Gasteiger charge is 2.17. The normalized spacial score (nSPS) is 9.73. The standard InChI is InChI=1S/C10H10O4S/c1-14-10(13)7-4-3-6(15-2)5-8(7)9(11)12/h3-5H,1-2H3,(H,11,12). The van der Waals surface area contributed by atoms with E-state index in [0.29, 0.717) is 0 Å². The molecule has 1 rings (SSSR count). The van der Waals surface area contributed by atoms with Crippen molar-refractivity contribution in [3.63, 3.8) is 0 Å². The molecule has 0 saturated carbocycles. The van der Waals surface area contributed by atoms with E-state index in [1.165, 1.54) is 31.0 Å². The first-order valence-corrected chi connectivity index (χ1v) is 5.32. The van der Waals surface area contributed by atoms with Crippen LogP contribution in [0.3, 0.4) is 0 Å². The van der Waals surface area contributed by atoms with Crippen LogP contribution in [0.4, 0.5) is 0 Å². The molecule has 0 atom stereocenters. The molecule has 0 aromatic heterocycles. The maximum absolute atomic E-state index is 11.2. The number of aromatic carboxylic acids is 1. The summed E-state index contributed by atoms with van der Waals surface area (Å²) < 4.78 is 4.49. The van der Waals surface area contributed by atoms with Crippen molar-refractivity contribution in [2.45, 2.75) is 4.90 Å². The first-order chi connectivity index (χ1) is 7.10. The van der Waals surface area contributed by atoms with Crippen LogP contribution < -0.4 is 0 Å². The average Bonchev–Trinajstić information content (AvgIpc) is 2.27. The molecule has 15 heavy (non-hydrogen) atoms. The number of carboxylic acid groups (broad SMARTS) is 1.